The lowest BCUT2D eigenvalue weighted by Crippen LogP contribution is -2.07. The first kappa shape index (κ1) is 9.54. The number of nitrogens with zero attached hydrogens (tertiary/aromatic N) is 1. The molecule has 2 rings (SSSR count). The van der Waals surface area contributed by atoms with E-state index >= 15 is 0 Å². The highest BCUT2D eigenvalue weighted by Gasteiger charge is 2.07. The fourth-order valence-corrected chi connectivity index (χ4v) is 1.53. The molecule has 1 aromatic carbocycles. The van der Waals surface area contributed by atoms with Gasteiger partial charge in [0.2, 0.25) is 0 Å². The molecule has 1 heterocycles. The van der Waals surface area contributed by atoms with Gasteiger partial charge in [-0.3, -0.25) is 10.8 Å². The number of nitrogens with two attached hydrogens (primary N) is 2. The lowest BCUT2D eigenvalue weighted by molar-refractivity contribution is 0.417. The quantitative estimate of drug-likeness (QED) is 0.387. The standard InChI is InChI=1S/C10H12N4O/c1-15-8-3-2-6-7(14-12)4-5-13-10(6)9(8)11/h2-5H,11-12H2,1H3,(H,13,14). The Balaban J connectivity index is 2.78. The average molecular weight is 204 g/mol. The first-order valence-electron chi connectivity index (χ1n) is 4.45. The van der Waals surface area contributed by atoms with Crippen molar-refractivity contribution >= 4 is 22.3 Å². The van der Waals surface area contributed by atoms with Crippen LogP contribution in [-0.2, 0) is 0 Å². The van der Waals surface area contributed by atoms with Gasteiger partial charge in [0.1, 0.15) is 11.4 Å². The molecule has 1 aromatic heterocycles. The second-order valence-corrected chi connectivity index (χ2v) is 3.08. The molecular weight excluding hydrogens is 192 g/mol. The maximum absolute atomic E-state index is 5.90. The molecule has 0 bridgehead atoms. The molecule has 0 saturated heterocycles. The number of methoxy groups -OCH3 is 1. The van der Waals surface area contributed by atoms with Crippen molar-refractivity contribution in [3.05, 3.63) is 24.4 Å². The fourth-order valence-electron chi connectivity index (χ4n) is 1.53. The summed E-state index contributed by atoms with van der Waals surface area (Å²) in [5.74, 6) is 6.00. The number of aromatic nitrogens is 1. The molecule has 0 fully saturated rings. The second-order valence-electron chi connectivity index (χ2n) is 3.08. The number of ether oxygens (including phenoxy) is 1. The smallest absolute Gasteiger partial charge is 0.144 e. The van der Waals surface area contributed by atoms with Crippen molar-refractivity contribution in [3.8, 4) is 5.75 Å². The number of benzene rings is 1. The summed E-state index contributed by atoms with van der Waals surface area (Å²) in [5.41, 5.74) is 10.5. The van der Waals surface area contributed by atoms with Crippen molar-refractivity contribution in [2.75, 3.05) is 18.3 Å². The molecule has 15 heavy (non-hydrogen) atoms. The van der Waals surface area contributed by atoms with E-state index < -0.39 is 0 Å². The van der Waals surface area contributed by atoms with Crippen LogP contribution in [0.5, 0.6) is 5.75 Å². The summed E-state index contributed by atoms with van der Waals surface area (Å²) in [4.78, 5) is 4.20. The summed E-state index contributed by atoms with van der Waals surface area (Å²) in [5, 5.41) is 0.873. The van der Waals surface area contributed by atoms with Gasteiger partial charge >= 0.3 is 0 Å². The molecule has 5 heteroatoms. The Kier molecular flexibility index (Phi) is 2.31. The fraction of sp³-hybridized carbons (Fsp3) is 0.100. The Labute approximate surface area is 87.0 Å². The summed E-state index contributed by atoms with van der Waals surface area (Å²) in [6.07, 6.45) is 1.65. The molecule has 0 unspecified atom stereocenters. The molecule has 2 aromatic rings. The summed E-state index contributed by atoms with van der Waals surface area (Å²) < 4.78 is 5.11. The number of hydrazine groups is 1. The zero-order chi connectivity index (χ0) is 10.8. The molecule has 5 nitrogen and oxygen atoms in total. The summed E-state index contributed by atoms with van der Waals surface area (Å²) in [6.45, 7) is 0. The van der Waals surface area contributed by atoms with Gasteiger partial charge in [0.05, 0.1) is 18.3 Å². The second kappa shape index (κ2) is 3.62. The van der Waals surface area contributed by atoms with Gasteiger partial charge in [-0.2, -0.15) is 0 Å². The maximum atomic E-state index is 5.90. The third-order valence-corrected chi connectivity index (χ3v) is 2.29. The van der Waals surface area contributed by atoms with E-state index in [-0.39, 0.29) is 0 Å². The summed E-state index contributed by atoms with van der Waals surface area (Å²) in [6, 6.07) is 5.45. The molecule has 78 valence electrons. The SMILES string of the molecule is COc1ccc2c(NN)ccnc2c1N. The van der Waals surface area contributed by atoms with E-state index in [0.717, 1.165) is 11.1 Å². The molecule has 0 aliphatic heterocycles. The highest BCUT2D eigenvalue weighted by molar-refractivity contribution is 5.99. The minimum Gasteiger partial charge on any atom is -0.495 e. The van der Waals surface area contributed by atoms with Crippen LogP contribution in [0.4, 0.5) is 11.4 Å². The van der Waals surface area contributed by atoms with Crippen LogP contribution in [0, 0.1) is 0 Å². The first-order chi connectivity index (χ1) is 7.27. The number of pyridine rings is 1. The van der Waals surface area contributed by atoms with Crippen LogP contribution in [0.25, 0.3) is 10.9 Å². The van der Waals surface area contributed by atoms with Gasteiger partial charge < -0.3 is 15.9 Å². The van der Waals surface area contributed by atoms with Crippen molar-refractivity contribution in [3.63, 3.8) is 0 Å². The van der Waals surface area contributed by atoms with Gasteiger partial charge in [0, 0.05) is 11.6 Å². The van der Waals surface area contributed by atoms with Crippen LogP contribution in [0.2, 0.25) is 0 Å². The monoisotopic (exact) mass is 204 g/mol. The van der Waals surface area contributed by atoms with Gasteiger partial charge in [-0.1, -0.05) is 0 Å². The first-order valence-corrected chi connectivity index (χ1v) is 4.45. The van der Waals surface area contributed by atoms with Crippen molar-refractivity contribution in [1.29, 1.82) is 0 Å². The lowest BCUT2D eigenvalue weighted by atomic mass is 10.1. The molecular formula is C10H12N4O. The molecule has 0 amide bonds. The predicted molar refractivity (Wildman–Crippen MR) is 60.5 cm³/mol. The number of nitrogen functional groups attached to an aromatic ring is 2. The number of rotatable bonds is 2. The van der Waals surface area contributed by atoms with E-state index in [9.17, 15) is 0 Å². The average Bonchev–Trinajstić information content (AvgIpc) is 2.29. The van der Waals surface area contributed by atoms with Crippen LogP contribution in [0.3, 0.4) is 0 Å². The van der Waals surface area contributed by atoms with Crippen LogP contribution in [0.15, 0.2) is 24.4 Å². The van der Waals surface area contributed by atoms with Crippen molar-refractivity contribution in [1.82, 2.24) is 4.98 Å². The Morgan fingerprint density at radius 2 is 2.13 bits per heavy atom. The predicted octanol–water partition coefficient (Wildman–Crippen LogP) is 1.11. The van der Waals surface area contributed by atoms with Crippen LogP contribution < -0.4 is 21.7 Å². The molecule has 0 spiro atoms. The highest BCUT2D eigenvalue weighted by atomic mass is 16.5. The zero-order valence-corrected chi connectivity index (χ0v) is 8.32. The number of hydrogen-bond acceptors (Lipinski definition) is 5. The van der Waals surface area contributed by atoms with E-state index in [2.05, 4.69) is 10.4 Å². The lowest BCUT2D eigenvalue weighted by Gasteiger charge is -2.09. The molecule has 0 aliphatic rings. The Hall–Kier alpha value is -2.01. The Bertz CT molecular complexity index is 498. The molecule has 0 saturated carbocycles. The van der Waals surface area contributed by atoms with E-state index in [0.29, 0.717) is 17.0 Å². The normalized spacial score (nSPS) is 10.3. The van der Waals surface area contributed by atoms with Crippen molar-refractivity contribution < 1.29 is 4.74 Å². The maximum Gasteiger partial charge on any atom is 0.144 e. The summed E-state index contributed by atoms with van der Waals surface area (Å²) >= 11 is 0. The topological polar surface area (TPSA) is 86.2 Å². The molecule has 0 radical (unpaired) electrons. The summed E-state index contributed by atoms with van der Waals surface area (Å²) in [7, 11) is 1.57. The van der Waals surface area contributed by atoms with Gasteiger partial charge in [0.15, 0.2) is 0 Å². The van der Waals surface area contributed by atoms with Crippen molar-refractivity contribution in [2.45, 2.75) is 0 Å². The molecule has 0 atom stereocenters. The molecule has 0 aliphatic carbocycles. The van der Waals surface area contributed by atoms with Crippen molar-refractivity contribution in [2.24, 2.45) is 5.84 Å². The minimum atomic E-state index is 0.520. The van der Waals surface area contributed by atoms with E-state index in [1.165, 1.54) is 0 Å². The van der Waals surface area contributed by atoms with E-state index in [4.69, 9.17) is 16.3 Å². The van der Waals surface area contributed by atoms with E-state index in [1.807, 2.05) is 6.07 Å². The highest BCUT2D eigenvalue weighted by Crippen LogP contribution is 2.31. The number of anilines is 2. The van der Waals surface area contributed by atoms with Gasteiger partial charge in [-0.25, -0.2) is 0 Å². The number of hydrogen-bond donors (Lipinski definition) is 3. The van der Waals surface area contributed by atoms with Gasteiger partial charge in [-0.15, -0.1) is 0 Å². The van der Waals surface area contributed by atoms with Crippen LogP contribution in [-0.4, -0.2) is 12.1 Å². The third kappa shape index (κ3) is 1.42. The number of nitrogens with one attached hydrogen (secondary N) is 1. The van der Waals surface area contributed by atoms with Gasteiger partial charge in [-0.05, 0) is 18.2 Å². The number of fused-ring (bicyclic) bond motifs is 1. The zero-order valence-electron chi connectivity index (χ0n) is 8.32. The largest absolute Gasteiger partial charge is 0.495 e. The Morgan fingerprint density at radius 3 is 2.80 bits per heavy atom. The van der Waals surface area contributed by atoms with Gasteiger partial charge in [0.25, 0.3) is 0 Å². The third-order valence-electron chi connectivity index (χ3n) is 2.29. The minimum absolute atomic E-state index is 0.520. The molecule has 5 N–H and O–H groups in total. The Morgan fingerprint density at radius 1 is 1.33 bits per heavy atom. The van der Waals surface area contributed by atoms with Crippen LogP contribution >= 0.6 is 0 Å². The van der Waals surface area contributed by atoms with E-state index in [1.54, 1.807) is 25.4 Å². The van der Waals surface area contributed by atoms with Crippen LogP contribution in [0.1, 0.15) is 0 Å².